The van der Waals surface area contributed by atoms with E-state index in [4.69, 9.17) is 4.74 Å². The van der Waals surface area contributed by atoms with E-state index in [1.165, 1.54) is 11.3 Å². The normalized spacial score (nSPS) is 11.0. The van der Waals surface area contributed by atoms with E-state index in [9.17, 15) is 4.79 Å². The highest BCUT2D eigenvalue weighted by Crippen LogP contribution is 2.29. The highest BCUT2D eigenvalue weighted by atomic mass is 32.1. The minimum Gasteiger partial charge on any atom is -0.494 e. The molecule has 28 heavy (non-hydrogen) atoms. The van der Waals surface area contributed by atoms with Gasteiger partial charge in [-0.25, -0.2) is 9.67 Å². The largest absolute Gasteiger partial charge is 0.494 e. The molecule has 0 spiro atoms. The quantitative estimate of drug-likeness (QED) is 0.551. The number of hydrogen-bond donors (Lipinski definition) is 1. The number of rotatable bonds is 5. The van der Waals surface area contributed by atoms with Crippen molar-refractivity contribution in [3.63, 3.8) is 0 Å². The Morgan fingerprint density at radius 1 is 1.18 bits per heavy atom. The van der Waals surface area contributed by atoms with E-state index >= 15 is 0 Å². The van der Waals surface area contributed by atoms with Crippen molar-refractivity contribution in [3.05, 3.63) is 59.4 Å². The van der Waals surface area contributed by atoms with Crippen LogP contribution < -0.4 is 10.1 Å². The lowest BCUT2D eigenvalue weighted by molar-refractivity contribution is 0.102. The van der Waals surface area contributed by atoms with Gasteiger partial charge in [0.2, 0.25) is 0 Å². The first-order valence-corrected chi connectivity index (χ1v) is 9.71. The number of carbonyl (C=O) groups excluding carboxylic acids is 1. The molecule has 8 heteroatoms. The van der Waals surface area contributed by atoms with Crippen molar-refractivity contribution in [2.45, 2.75) is 20.8 Å². The second kappa shape index (κ2) is 7.40. The molecule has 0 unspecified atom stereocenters. The fraction of sp³-hybridized carbons (Fsp3) is 0.200. The van der Waals surface area contributed by atoms with E-state index < -0.39 is 0 Å². The van der Waals surface area contributed by atoms with Gasteiger partial charge in [-0.05, 0) is 51.1 Å². The molecule has 7 nitrogen and oxygen atoms in total. The van der Waals surface area contributed by atoms with Crippen LogP contribution in [0.15, 0.2) is 42.5 Å². The van der Waals surface area contributed by atoms with Crippen LogP contribution in [0.1, 0.15) is 28.7 Å². The number of ether oxygens (including phenoxy) is 1. The van der Waals surface area contributed by atoms with Crippen molar-refractivity contribution < 1.29 is 9.53 Å². The first-order chi connectivity index (χ1) is 13.5. The molecule has 1 amide bonds. The molecule has 142 valence electrons. The maximum Gasteiger partial charge on any atom is 0.279 e. The Balaban J connectivity index is 1.57. The third kappa shape index (κ3) is 3.46. The second-order valence-corrected chi connectivity index (χ2v) is 7.34. The van der Waals surface area contributed by atoms with Crippen molar-refractivity contribution in [3.8, 4) is 11.4 Å². The number of aromatic nitrogens is 4. The Labute approximate surface area is 166 Å². The smallest absolute Gasteiger partial charge is 0.279 e. The molecule has 0 saturated carbocycles. The number of amides is 1. The molecule has 0 aliphatic carbocycles. The molecule has 0 fully saturated rings. The van der Waals surface area contributed by atoms with E-state index in [2.05, 4.69) is 20.6 Å². The molecule has 2 aromatic carbocycles. The molecule has 0 radical (unpaired) electrons. The molecular weight excluding hydrogens is 374 g/mol. The Bertz CT molecular complexity index is 1150. The number of hydrogen-bond acceptors (Lipinski definition) is 6. The third-order valence-corrected chi connectivity index (χ3v) is 5.21. The first-order valence-electron chi connectivity index (χ1n) is 8.89. The molecule has 0 bridgehead atoms. The summed E-state index contributed by atoms with van der Waals surface area (Å²) in [5.74, 6) is 0.452. The highest BCUT2D eigenvalue weighted by molar-refractivity contribution is 7.22. The number of nitrogens with one attached hydrogen (secondary N) is 1. The Kier molecular flexibility index (Phi) is 4.79. The third-order valence-electron chi connectivity index (χ3n) is 4.28. The van der Waals surface area contributed by atoms with E-state index in [0.29, 0.717) is 17.4 Å². The number of nitrogens with zero attached hydrogens (tertiary/aromatic N) is 4. The van der Waals surface area contributed by atoms with Crippen molar-refractivity contribution >= 4 is 32.6 Å². The summed E-state index contributed by atoms with van der Waals surface area (Å²) in [6.45, 7) is 6.38. The maximum atomic E-state index is 12.7. The molecule has 2 heterocycles. The lowest BCUT2D eigenvalue weighted by Gasteiger charge is -2.04. The summed E-state index contributed by atoms with van der Waals surface area (Å²) in [6.07, 6.45) is 0. The van der Waals surface area contributed by atoms with Crippen LogP contribution in [0.25, 0.3) is 15.9 Å². The van der Waals surface area contributed by atoms with Gasteiger partial charge in [0.25, 0.3) is 5.91 Å². The fourth-order valence-corrected chi connectivity index (χ4v) is 3.73. The lowest BCUT2D eigenvalue weighted by atomic mass is 10.2. The van der Waals surface area contributed by atoms with E-state index in [1.54, 1.807) is 4.68 Å². The molecule has 0 aliphatic heterocycles. The number of aryl methyl sites for hydroxylation is 1. The zero-order chi connectivity index (χ0) is 19.7. The highest BCUT2D eigenvalue weighted by Gasteiger charge is 2.19. The summed E-state index contributed by atoms with van der Waals surface area (Å²) in [5.41, 5.74) is 3.76. The maximum absolute atomic E-state index is 12.7. The van der Waals surface area contributed by atoms with Crippen molar-refractivity contribution in [2.24, 2.45) is 0 Å². The zero-order valence-corrected chi connectivity index (χ0v) is 16.6. The predicted molar refractivity (Wildman–Crippen MR) is 110 cm³/mol. The predicted octanol–water partition coefficient (Wildman–Crippen LogP) is 4.14. The molecule has 4 aromatic rings. The van der Waals surface area contributed by atoms with E-state index in [0.717, 1.165) is 27.2 Å². The Morgan fingerprint density at radius 3 is 2.71 bits per heavy atom. The van der Waals surface area contributed by atoms with Crippen molar-refractivity contribution in [1.29, 1.82) is 0 Å². The van der Waals surface area contributed by atoms with Gasteiger partial charge in [-0.3, -0.25) is 10.1 Å². The summed E-state index contributed by atoms with van der Waals surface area (Å²) in [4.78, 5) is 17.2. The average molecular weight is 393 g/mol. The van der Waals surface area contributed by atoms with Crippen LogP contribution in [0, 0.1) is 13.8 Å². The minimum atomic E-state index is -0.333. The van der Waals surface area contributed by atoms with Crippen molar-refractivity contribution in [2.75, 3.05) is 11.9 Å². The Hall–Kier alpha value is -3.26. The molecule has 0 atom stereocenters. The summed E-state index contributed by atoms with van der Waals surface area (Å²) < 4.78 is 8.11. The van der Waals surface area contributed by atoms with E-state index in [1.807, 2.05) is 63.2 Å². The van der Waals surface area contributed by atoms with Gasteiger partial charge in [-0.15, -0.1) is 5.10 Å². The van der Waals surface area contributed by atoms with Crippen LogP contribution in [0.4, 0.5) is 5.13 Å². The molecule has 1 N–H and O–H groups in total. The van der Waals surface area contributed by atoms with Gasteiger partial charge in [0, 0.05) is 0 Å². The number of fused-ring (bicyclic) bond motifs is 1. The summed E-state index contributed by atoms with van der Waals surface area (Å²) in [6, 6.07) is 13.6. The van der Waals surface area contributed by atoms with Gasteiger partial charge < -0.3 is 4.74 Å². The SMILES string of the molecule is CCOc1ccc2nc(NC(=O)c3nnn(-c4ccc(C)cc4)c3C)sc2c1. The number of carbonyl (C=O) groups is 1. The molecule has 0 saturated heterocycles. The van der Waals surface area contributed by atoms with Crippen LogP contribution in [0.3, 0.4) is 0 Å². The second-order valence-electron chi connectivity index (χ2n) is 6.31. The van der Waals surface area contributed by atoms with E-state index in [-0.39, 0.29) is 11.6 Å². The van der Waals surface area contributed by atoms with Crippen LogP contribution in [0.2, 0.25) is 0 Å². The summed E-state index contributed by atoms with van der Waals surface area (Å²) in [5, 5.41) is 11.5. The van der Waals surface area contributed by atoms with Gasteiger partial charge in [0.1, 0.15) is 5.75 Å². The topological polar surface area (TPSA) is 81.9 Å². The molecule has 2 aromatic heterocycles. The number of anilines is 1. The lowest BCUT2D eigenvalue weighted by Crippen LogP contribution is -2.14. The van der Waals surface area contributed by atoms with Crippen molar-refractivity contribution in [1.82, 2.24) is 20.0 Å². The van der Waals surface area contributed by atoms with Crippen LogP contribution >= 0.6 is 11.3 Å². The van der Waals surface area contributed by atoms with Crippen LogP contribution in [0.5, 0.6) is 5.75 Å². The van der Waals surface area contributed by atoms with Gasteiger partial charge in [-0.1, -0.05) is 34.2 Å². The summed E-state index contributed by atoms with van der Waals surface area (Å²) in [7, 11) is 0. The standard InChI is InChI=1S/C20H19N5O2S/c1-4-27-15-9-10-16-17(11-15)28-20(21-16)22-19(26)18-13(3)25(24-23-18)14-7-5-12(2)6-8-14/h5-11H,4H2,1-3H3,(H,21,22,26). The van der Waals surface area contributed by atoms with Gasteiger partial charge in [0.05, 0.1) is 28.2 Å². The first kappa shape index (κ1) is 18.1. The number of benzene rings is 2. The van der Waals surface area contributed by atoms with Crippen LogP contribution in [-0.4, -0.2) is 32.5 Å². The monoisotopic (exact) mass is 393 g/mol. The molecule has 0 aliphatic rings. The van der Waals surface area contributed by atoms with Gasteiger partial charge >= 0.3 is 0 Å². The Morgan fingerprint density at radius 2 is 1.96 bits per heavy atom. The fourth-order valence-electron chi connectivity index (χ4n) is 2.84. The van der Waals surface area contributed by atoms with Gasteiger partial charge in [0.15, 0.2) is 10.8 Å². The molecule has 4 rings (SSSR count). The van der Waals surface area contributed by atoms with Gasteiger partial charge in [-0.2, -0.15) is 0 Å². The molecular formula is C20H19N5O2S. The minimum absolute atomic E-state index is 0.273. The zero-order valence-electron chi connectivity index (χ0n) is 15.8. The number of thiazole rings is 1. The average Bonchev–Trinajstić information content (AvgIpc) is 3.25. The summed E-state index contributed by atoms with van der Waals surface area (Å²) >= 11 is 1.39. The van der Waals surface area contributed by atoms with Crippen LogP contribution in [-0.2, 0) is 0 Å².